The van der Waals surface area contributed by atoms with Crippen molar-refractivity contribution in [2.24, 2.45) is 0 Å². The number of amides is 2. The number of nitrogens with zero attached hydrogens (tertiary/aromatic N) is 3. The quantitative estimate of drug-likeness (QED) is 0.671. The molecule has 1 saturated heterocycles. The minimum Gasteiger partial charge on any atom is -0.491 e. The molecular formula is C24H29N3O3S. The molecule has 2 amide bonds. The molecule has 0 saturated carbocycles. The van der Waals surface area contributed by atoms with Crippen LogP contribution in [0.4, 0.5) is 0 Å². The second kappa shape index (κ2) is 10.2. The summed E-state index contributed by atoms with van der Waals surface area (Å²) in [6, 6.07) is 16.3. The van der Waals surface area contributed by atoms with Gasteiger partial charge in [0.2, 0.25) is 11.8 Å². The van der Waals surface area contributed by atoms with Crippen molar-refractivity contribution < 1.29 is 14.3 Å². The minimum atomic E-state index is 0.135. The Morgan fingerprint density at radius 1 is 0.968 bits per heavy atom. The fourth-order valence-corrected chi connectivity index (χ4v) is 4.81. The van der Waals surface area contributed by atoms with Gasteiger partial charge in [-0.05, 0) is 29.8 Å². The fraction of sp³-hybridized carbons (Fsp3) is 0.417. The van der Waals surface area contributed by atoms with Gasteiger partial charge in [0.15, 0.2) is 0 Å². The SMILES string of the molecule is CC(=O)N1CCN(Cc2ccc3c(c2)CN(C(=O)CSc2ccccc2)CCO3)CC1. The molecule has 2 aliphatic heterocycles. The van der Waals surface area contributed by atoms with Gasteiger partial charge in [-0.15, -0.1) is 11.8 Å². The Morgan fingerprint density at radius 2 is 1.74 bits per heavy atom. The summed E-state index contributed by atoms with van der Waals surface area (Å²) in [7, 11) is 0. The maximum Gasteiger partial charge on any atom is 0.233 e. The van der Waals surface area contributed by atoms with Gasteiger partial charge in [0, 0.05) is 56.7 Å². The lowest BCUT2D eigenvalue weighted by Crippen LogP contribution is -2.47. The lowest BCUT2D eigenvalue weighted by molar-refractivity contribution is -0.130. The van der Waals surface area contributed by atoms with Crippen LogP contribution in [-0.2, 0) is 22.7 Å². The first-order valence-corrected chi connectivity index (χ1v) is 11.7. The summed E-state index contributed by atoms with van der Waals surface area (Å²) in [5.74, 6) is 1.59. The lowest BCUT2D eigenvalue weighted by atomic mass is 10.1. The Morgan fingerprint density at radius 3 is 2.48 bits per heavy atom. The van der Waals surface area contributed by atoms with E-state index in [0.717, 1.165) is 48.9 Å². The van der Waals surface area contributed by atoms with E-state index in [-0.39, 0.29) is 11.8 Å². The topological polar surface area (TPSA) is 53.1 Å². The molecule has 0 atom stereocenters. The maximum absolute atomic E-state index is 12.8. The van der Waals surface area contributed by atoms with Crippen LogP contribution in [0.5, 0.6) is 5.75 Å². The van der Waals surface area contributed by atoms with Gasteiger partial charge in [-0.25, -0.2) is 0 Å². The zero-order valence-electron chi connectivity index (χ0n) is 18.0. The van der Waals surface area contributed by atoms with Gasteiger partial charge < -0.3 is 14.5 Å². The predicted octanol–water partition coefficient (Wildman–Crippen LogP) is 2.86. The molecule has 0 aromatic heterocycles. The van der Waals surface area contributed by atoms with Gasteiger partial charge in [0.25, 0.3) is 0 Å². The first-order chi connectivity index (χ1) is 15.1. The Labute approximate surface area is 188 Å². The summed E-state index contributed by atoms with van der Waals surface area (Å²) in [5, 5.41) is 0. The third-order valence-electron chi connectivity index (χ3n) is 5.79. The van der Waals surface area contributed by atoms with Crippen LogP contribution in [0.15, 0.2) is 53.4 Å². The number of ether oxygens (including phenoxy) is 1. The van der Waals surface area contributed by atoms with Gasteiger partial charge in [0.05, 0.1) is 12.3 Å². The molecule has 2 aromatic rings. The van der Waals surface area contributed by atoms with Crippen LogP contribution in [0.2, 0.25) is 0 Å². The first-order valence-electron chi connectivity index (χ1n) is 10.8. The van der Waals surface area contributed by atoms with Crippen molar-refractivity contribution in [1.29, 1.82) is 0 Å². The van der Waals surface area contributed by atoms with Gasteiger partial charge in [-0.2, -0.15) is 0 Å². The maximum atomic E-state index is 12.8. The molecule has 164 valence electrons. The van der Waals surface area contributed by atoms with Crippen molar-refractivity contribution in [3.8, 4) is 5.75 Å². The summed E-state index contributed by atoms with van der Waals surface area (Å²) in [6.45, 7) is 7.50. The van der Waals surface area contributed by atoms with Gasteiger partial charge in [0.1, 0.15) is 12.4 Å². The molecule has 2 heterocycles. The molecule has 0 bridgehead atoms. The van der Waals surface area contributed by atoms with E-state index in [1.165, 1.54) is 5.56 Å². The highest BCUT2D eigenvalue weighted by Gasteiger charge is 2.22. The summed E-state index contributed by atoms with van der Waals surface area (Å²) in [5.41, 5.74) is 2.28. The van der Waals surface area contributed by atoms with Crippen LogP contribution in [0.25, 0.3) is 0 Å². The molecule has 0 N–H and O–H groups in total. The molecule has 0 radical (unpaired) electrons. The van der Waals surface area contributed by atoms with Crippen LogP contribution in [0, 0.1) is 0 Å². The lowest BCUT2D eigenvalue weighted by Gasteiger charge is -2.34. The second-order valence-electron chi connectivity index (χ2n) is 7.99. The molecule has 7 heteroatoms. The normalized spacial score (nSPS) is 16.9. The Hall–Kier alpha value is -2.51. The van der Waals surface area contributed by atoms with E-state index in [1.54, 1.807) is 18.7 Å². The first kappa shape index (κ1) is 21.7. The summed E-state index contributed by atoms with van der Waals surface area (Å²) >= 11 is 1.57. The highest BCUT2D eigenvalue weighted by Crippen LogP contribution is 2.26. The van der Waals surface area contributed by atoms with Crippen LogP contribution in [0.1, 0.15) is 18.1 Å². The van der Waals surface area contributed by atoms with Crippen LogP contribution < -0.4 is 4.74 Å². The molecule has 31 heavy (non-hydrogen) atoms. The van der Waals surface area contributed by atoms with E-state index < -0.39 is 0 Å². The molecule has 6 nitrogen and oxygen atoms in total. The van der Waals surface area contributed by atoms with Gasteiger partial charge in [-0.1, -0.05) is 24.3 Å². The number of piperazine rings is 1. The number of fused-ring (bicyclic) bond motifs is 1. The number of hydrogen-bond donors (Lipinski definition) is 0. The molecular weight excluding hydrogens is 410 g/mol. The van der Waals surface area contributed by atoms with Crippen molar-refractivity contribution in [1.82, 2.24) is 14.7 Å². The Bertz CT molecular complexity index is 914. The number of carbonyl (C=O) groups excluding carboxylic acids is 2. The zero-order valence-corrected chi connectivity index (χ0v) is 18.8. The zero-order chi connectivity index (χ0) is 21.6. The van der Waals surface area contributed by atoms with Crippen molar-refractivity contribution >= 4 is 23.6 Å². The number of carbonyl (C=O) groups is 2. The third kappa shape index (κ3) is 5.80. The summed E-state index contributed by atoms with van der Waals surface area (Å²) in [6.07, 6.45) is 0. The van der Waals surface area contributed by atoms with E-state index in [1.807, 2.05) is 46.2 Å². The van der Waals surface area contributed by atoms with E-state index in [9.17, 15) is 9.59 Å². The van der Waals surface area contributed by atoms with Crippen molar-refractivity contribution in [2.75, 3.05) is 45.1 Å². The van der Waals surface area contributed by atoms with Crippen LogP contribution >= 0.6 is 11.8 Å². The minimum absolute atomic E-state index is 0.135. The highest BCUT2D eigenvalue weighted by molar-refractivity contribution is 8.00. The molecule has 0 aliphatic carbocycles. The fourth-order valence-electron chi connectivity index (χ4n) is 3.99. The number of rotatable bonds is 5. The van der Waals surface area contributed by atoms with Crippen molar-refractivity contribution in [3.63, 3.8) is 0 Å². The van der Waals surface area contributed by atoms with Crippen LogP contribution in [-0.4, -0.2) is 71.6 Å². The Kier molecular flexibility index (Phi) is 7.14. The summed E-state index contributed by atoms with van der Waals surface area (Å²) in [4.78, 5) is 31.6. The average Bonchev–Trinajstić information content (AvgIpc) is 3.01. The van der Waals surface area contributed by atoms with E-state index in [4.69, 9.17) is 4.74 Å². The Balaban J connectivity index is 1.36. The molecule has 2 aromatic carbocycles. The number of benzene rings is 2. The van der Waals surface area contributed by atoms with Crippen LogP contribution in [0.3, 0.4) is 0 Å². The molecule has 4 rings (SSSR count). The van der Waals surface area contributed by atoms with Crippen molar-refractivity contribution in [3.05, 3.63) is 59.7 Å². The van der Waals surface area contributed by atoms with Crippen molar-refractivity contribution in [2.45, 2.75) is 24.9 Å². The monoisotopic (exact) mass is 439 g/mol. The van der Waals surface area contributed by atoms with Gasteiger partial charge in [-0.3, -0.25) is 14.5 Å². The van der Waals surface area contributed by atoms with Gasteiger partial charge >= 0.3 is 0 Å². The third-order valence-corrected chi connectivity index (χ3v) is 6.78. The molecule has 0 unspecified atom stereocenters. The molecule has 0 spiro atoms. The number of thioether (sulfide) groups is 1. The standard InChI is InChI=1S/C24H29N3O3S/c1-19(28)26-11-9-25(10-12-26)16-20-7-8-23-21(15-20)17-27(13-14-30-23)24(29)18-31-22-5-3-2-4-6-22/h2-8,15H,9-14,16-18H2,1H3. The van der Waals surface area contributed by atoms with E-state index >= 15 is 0 Å². The molecule has 2 aliphatic rings. The predicted molar refractivity (Wildman–Crippen MR) is 122 cm³/mol. The van der Waals surface area contributed by atoms with E-state index in [0.29, 0.717) is 25.4 Å². The summed E-state index contributed by atoms with van der Waals surface area (Å²) < 4.78 is 5.92. The highest BCUT2D eigenvalue weighted by atomic mass is 32.2. The number of hydrogen-bond acceptors (Lipinski definition) is 5. The molecule has 1 fully saturated rings. The van der Waals surface area contributed by atoms with E-state index in [2.05, 4.69) is 17.0 Å². The smallest absolute Gasteiger partial charge is 0.233 e. The largest absolute Gasteiger partial charge is 0.491 e. The second-order valence-corrected chi connectivity index (χ2v) is 9.04. The average molecular weight is 440 g/mol.